The smallest absolute Gasteiger partial charge is 0.497 e. The van der Waals surface area contributed by atoms with E-state index in [2.05, 4.69) is 19.8 Å². The van der Waals surface area contributed by atoms with Crippen LogP contribution in [0.4, 0.5) is 8.78 Å². The molecule has 1 fully saturated rings. The Morgan fingerprint density at radius 2 is 1.88 bits per heavy atom. The number of fused-ring (bicyclic) bond motifs is 2. The van der Waals surface area contributed by atoms with Gasteiger partial charge in [0.25, 0.3) is 0 Å². The molecule has 3 heterocycles. The summed E-state index contributed by atoms with van der Waals surface area (Å²) in [6.45, 7) is 1.46. The summed E-state index contributed by atoms with van der Waals surface area (Å²) in [4.78, 5) is 4.42. The molecule has 0 atom stereocenters. The number of halogens is 2. The number of hydrogen-bond donors (Lipinski definition) is 1. The Balaban J connectivity index is 1.10. The van der Waals surface area contributed by atoms with Gasteiger partial charge in [0.1, 0.15) is 5.75 Å². The quantitative estimate of drug-likeness (QED) is 0.573. The van der Waals surface area contributed by atoms with Gasteiger partial charge in [-0.2, -0.15) is 0 Å². The number of pyridine rings is 1. The Morgan fingerprint density at radius 3 is 2.70 bits per heavy atom. The Labute approximate surface area is 189 Å². The fraction of sp³-hybridized carbons (Fsp3) is 0.375. The van der Waals surface area contributed by atoms with Crippen molar-refractivity contribution in [1.29, 1.82) is 0 Å². The summed E-state index contributed by atoms with van der Waals surface area (Å²) in [6.07, 6.45) is -0.576. The highest BCUT2D eigenvalue weighted by Crippen LogP contribution is 2.41. The van der Waals surface area contributed by atoms with Gasteiger partial charge < -0.3 is 29.0 Å². The summed E-state index contributed by atoms with van der Waals surface area (Å²) in [5.41, 5.74) is 2.90. The van der Waals surface area contributed by atoms with E-state index in [1.807, 2.05) is 30.5 Å². The Hall–Kier alpha value is -3.01. The van der Waals surface area contributed by atoms with Crippen molar-refractivity contribution < 1.29 is 32.5 Å². The van der Waals surface area contributed by atoms with Crippen molar-refractivity contribution in [2.75, 3.05) is 20.3 Å². The van der Waals surface area contributed by atoms with E-state index in [4.69, 9.17) is 14.2 Å². The maximum absolute atomic E-state index is 13.2. The molecule has 2 aromatic carbocycles. The molecule has 2 aliphatic rings. The minimum atomic E-state index is -3.61. The Bertz CT molecular complexity index is 1140. The molecule has 1 saturated heterocycles. The highest BCUT2D eigenvalue weighted by molar-refractivity contribution is 5.83. The highest BCUT2D eigenvalue weighted by Gasteiger charge is 2.43. The molecule has 174 valence electrons. The number of aromatic nitrogens is 1. The van der Waals surface area contributed by atoms with Crippen LogP contribution in [0.2, 0.25) is 0 Å². The molecule has 0 unspecified atom stereocenters. The number of aryl methyl sites for hydroxylation is 1. The lowest BCUT2D eigenvalue weighted by Gasteiger charge is -2.30. The minimum Gasteiger partial charge on any atom is -0.497 e. The molecule has 33 heavy (non-hydrogen) atoms. The van der Waals surface area contributed by atoms with Crippen molar-refractivity contribution >= 4 is 10.9 Å². The molecule has 1 aromatic heterocycles. The van der Waals surface area contributed by atoms with Gasteiger partial charge in [0.15, 0.2) is 17.8 Å². The molecule has 0 amide bonds. The third kappa shape index (κ3) is 5.00. The van der Waals surface area contributed by atoms with Crippen LogP contribution in [0.25, 0.3) is 10.9 Å². The zero-order valence-corrected chi connectivity index (χ0v) is 18.1. The van der Waals surface area contributed by atoms with E-state index in [1.54, 1.807) is 19.2 Å². The van der Waals surface area contributed by atoms with Crippen LogP contribution in [0.3, 0.4) is 0 Å². The molecule has 0 aliphatic carbocycles. The average molecular weight is 458 g/mol. The standard InChI is InChI=1S/C24H24F2N2O5/c1-29-18-4-5-20-19(11-18)16(8-9-27-20)3-7-23-30-13-17(14-31-23)28-12-15-2-6-21-22(10-15)33-24(25,26)32-21/h2,4-6,8-11,17,23,28H,3,7,12-14H2,1H3/t17-,23-. The van der Waals surface area contributed by atoms with Gasteiger partial charge in [-0.1, -0.05) is 6.07 Å². The fourth-order valence-electron chi connectivity index (χ4n) is 3.99. The molecule has 0 spiro atoms. The molecule has 2 aliphatic heterocycles. The summed E-state index contributed by atoms with van der Waals surface area (Å²) in [5.74, 6) is 0.875. The van der Waals surface area contributed by atoms with Gasteiger partial charge in [0.2, 0.25) is 0 Å². The Morgan fingerprint density at radius 1 is 1.06 bits per heavy atom. The molecular formula is C24H24F2N2O5. The first-order valence-electron chi connectivity index (χ1n) is 10.8. The number of alkyl halides is 2. The van der Waals surface area contributed by atoms with E-state index >= 15 is 0 Å². The maximum atomic E-state index is 13.2. The van der Waals surface area contributed by atoms with Crippen molar-refractivity contribution in [1.82, 2.24) is 10.3 Å². The molecule has 0 bridgehead atoms. The van der Waals surface area contributed by atoms with Crippen LogP contribution in [0, 0.1) is 0 Å². The van der Waals surface area contributed by atoms with Crippen LogP contribution in [0.5, 0.6) is 17.2 Å². The lowest BCUT2D eigenvalue weighted by Crippen LogP contribution is -2.44. The highest BCUT2D eigenvalue weighted by atomic mass is 19.3. The SMILES string of the molecule is COc1ccc2nccc(CC[C@H]3OC[C@H](NCc4ccc5c(c4)OC(F)(F)O5)CO3)c2c1. The van der Waals surface area contributed by atoms with Crippen LogP contribution in [-0.4, -0.2) is 43.9 Å². The largest absolute Gasteiger partial charge is 0.586 e. The molecule has 5 rings (SSSR count). The summed E-state index contributed by atoms with van der Waals surface area (Å²) >= 11 is 0. The van der Waals surface area contributed by atoms with Crippen molar-refractivity contribution in [3.8, 4) is 17.2 Å². The lowest BCUT2D eigenvalue weighted by molar-refractivity contribution is -0.286. The second kappa shape index (κ2) is 9.09. The monoisotopic (exact) mass is 458 g/mol. The number of hydrogen-bond acceptors (Lipinski definition) is 7. The number of methoxy groups -OCH3 is 1. The first-order chi connectivity index (χ1) is 16.0. The minimum absolute atomic E-state index is 0.000805. The van der Waals surface area contributed by atoms with E-state index in [1.165, 1.54) is 11.6 Å². The number of nitrogens with one attached hydrogen (secondary N) is 1. The second-order valence-electron chi connectivity index (χ2n) is 8.01. The topological polar surface area (TPSA) is 71.1 Å². The zero-order chi connectivity index (χ0) is 22.8. The number of rotatable bonds is 7. The number of nitrogens with zero attached hydrogens (tertiary/aromatic N) is 1. The van der Waals surface area contributed by atoms with E-state index in [0.29, 0.717) is 19.8 Å². The molecule has 9 heteroatoms. The molecule has 7 nitrogen and oxygen atoms in total. The predicted molar refractivity (Wildman–Crippen MR) is 116 cm³/mol. The van der Waals surface area contributed by atoms with Crippen LogP contribution in [0.1, 0.15) is 17.5 Å². The van der Waals surface area contributed by atoms with Gasteiger partial charge in [0, 0.05) is 24.5 Å². The summed E-state index contributed by atoms with van der Waals surface area (Å²) < 4.78 is 52.4. The van der Waals surface area contributed by atoms with Gasteiger partial charge in [-0.3, -0.25) is 4.98 Å². The van der Waals surface area contributed by atoms with E-state index in [-0.39, 0.29) is 23.8 Å². The molecular weight excluding hydrogens is 434 g/mol. The van der Waals surface area contributed by atoms with Gasteiger partial charge in [-0.05, 0) is 53.9 Å². The van der Waals surface area contributed by atoms with Gasteiger partial charge in [-0.15, -0.1) is 8.78 Å². The van der Waals surface area contributed by atoms with Crippen molar-refractivity contribution in [2.45, 2.75) is 38.0 Å². The van der Waals surface area contributed by atoms with Gasteiger partial charge in [0.05, 0.1) is 31.9 Å². The van der Waals surface area contributed by atoms with Crippen LogP contribution < -0.4 is 19.5 Å². The molecule has 1 N–H and O–H groups in total. The van der Waals surface area contributed by atoms with Crippen LogP contribution in [0.15, 0.2) is 48.7 Å². The molecule has 0 saturated carbocycles. The van der Waals surface area contributed by atoms with Gasteiger partial charge >= 0.3 is 6.29 Å². The summed E-state index contributed by atoms with van der Waals surface area (Å²) in [5, 5.41) is 4.39. The molecule has 0 radical (unpaired) electrons. The first kappa shape index (κ1) is 21.8. The number of benzene rings is 2. The predicted octanol–water partition coefficient (Wildman–Crippen LogP) is 4.03. The van der Waals surface area contributed by atoms with Crippen LogP contribution in [-0.2, 0) is 22.4 Å². The molecule has 3 aromatic rings. The summed E-state index contributed by atoms with van der Waals surface area (Å²) in [7, 11) is 1.65. The van der Waals surface area contributed by atoms with Crippen molar-refractivity contribution in [2.24, 2.45) is 0 Å². The summed E-state index contributed by atoms with van der Waals surface area (Å²) in [6, 6.07) is 12.6. The van der Waals surface area contributed by atoms with Gasteiger partial charge in [-0.25, -0.2) is 0 Å². The number of ether oxygens (including phenoxy) is 5. The van der Waals surface area contributed by atoms with E-state index < -0.39 is 6.29 Å². The van der Waals surface area contributed by atoms with E-state index in [0.717, 1.165) is 35.1 Å². The second-order valence-corrected chi connectivity index (χ2v) is 8.01. The third-order valence-corrected chi connectivity index (χ3v) is 5.72. The van der Waals surface area contributed by atoms with Crippen LogP contribution >= 0.6 is 0 Å². The third-order valence-electron chi connectivity index (χ3n) is 5.72. The van der Waals surface area contributed by atoms with E-state index in [9.17, 15) is 8.78 Å². The first-order valence-corrected chi connectivity index (χ1v) is 10.8. The maximum Gasteiger partial charge on any atom is 0.586 e. The van der Waals surface area contributed by atoms with Crippen molar-refractivity contribution in [3.05, 3.63) is 59.8 Å². The Kier molecular flexibility index (Phi) is 6.01. The average Bonchev–Trinajstić information content (AvgIpc) is 3.14. The van der Waals surface area contributed by atoms with Crippen molar-refractivity contribution in [3.63, 3.8) is 0 Å². The normalized spacial score (nSPS) is 21.3. The zero-order valence-electron chi connectivity index (χ0n) is 18.1. The fourth-order valence-corrected chi connectivity index (χ4v) is 3.99. The lowest BCUT2D eigenvalue weighted by atomic mass is 10.0.